The van der Waals surface area contributed by atoms with Crippen molar-refractivity contribution in [1.29, 1.82) is 0 Å². The van der Waals surface area contributed by atoms with Crippen molar-refractivity contribution in [3.8, 4) is 11.5 Å². The number of methoxy groups -OCH3 is 1. The number of phenolic OH excluding ortho intramolecular Hbond substituents is 1. The molecule has 0 saturated carbocycles. The van der Waals surface area contributed by atoms with Crippen molar-refractivity contribution in [3.05, 3.63) is 24.3 Å². The molecule has 0 fully saturated rings. The number of hydrogen-bond acceptors (Lipinski definition) is 4. The van der Waals surface area contributed by atoms with Crippen LogP contribution in [0.3, 0.4) is 0 Å². The maximum absolute atomic E-state index is 8.86. The van der Waals surface area contributed by atoms with Gasteiger partial charge in [0.25, 0.3) is 0 Å². The zero-order valence-corrected chi connectivity index (χ0v) is 6.77. The van der Waals surface area contributed by atoms with Crippen LogP contribution in [0.15, 0.2) is 24.3 Å². The number of rotatable bonds is 1. The summed E-state index contributed by atoms with van der Waals surface area (Å²) in [5, 5.41) is 23.1. The Morgan fingerprint density at radius 2 is 1.92 bits per heavy atom. The molecule has 1 rings (SSSR count). The molecule has 1 aromatic carbocycles. The van der Waals surface area contributed by atoms with Crippen LogP contribution >= 0.6 is 0 Å². The molecule has 1 aromatic rings. The molecule has 3 N–H and O–H groups in total. The molecule has 0 spiro atoms. The van der Waals surface area contributed by atoms with Crippen LogP contribution in [-0.2, 0) is 0 Å². The third-order valence-electron chi connectivity index (χ3n) is 1.05. The van der Waals surface area contributed by atoms with Gasteiger partial charge in [-0.1, -0.05) is 6.07 Å². The highest BCUT2D eigenvalue weighted by Gasteiger charge is 1.88. The molecular weight excluding hydrogens is 159 g/mol. The Morgan fingerprint density at radius 3 is 2.25 bits per heavy atom. The molecule has 0 aliphatic heterocycles. The zero-order chi connectivity index (χ0) is 9.40. The van der Waals surface area contributed by atoms with E-state index in [0.29, 0.717) is 5.75 Å². The highest BCUT2D eigenvalue weighted by Crippen LogP contribution is 2.16. The van der Waals surface area contributed by atoms with Gasteiger partial charge >= 0.3 is 7.69 Å². The second kappa shape index (κ2) is 6.51. The van der Waals surface area contributed by atoms with E-state index in [1.807, 2.05) is 0 Å². The summed E-state index contributed by atoms with van der Waals surface area (Å²) in [6, 6.07) is 6.66. The molecule has 0 saturated heterocycles. The van der Waals surface area contributed by atoms with Gasteiger partial charge in [0, 0.05) is 6.07 Å². The lowest BCUT2D eigenvalue weighted by Crippen LogP contribution is -1.79. The molecule has 12 heavy (non-hydrogen) atoms. The van der Waals surface area contributed by atoms with Crippen LogP contribution in [0.2, 0.25) is 0 Å². The van der Waals surface area contributed by atoms with Crippen molar-refractivity contribution >= 4 is 7.69 Å². The second-order valence-electron chi connectivity index (χ2n) is 1.84. The first-order valence-electron chi connectivity index (χ1n) is 3.29. The monoisotopic (exact) mass is 170 g/mol. The summed E-state index contributed by atoms with van der Waals surface area (Å²) in [6.07, 6.45) is 0. The van der Waals surface area contributed by atoms with Gasteiger partial charge in [0.05, 0.1) is 7.11 Å². The van der Waals surface area contributed by atoms with Gasteiger partial charge in [-0.2, -0.15) is 0 Å². The number of hydrogen-bond donors (Lipinski definition) is 3. The SMILES string of the molecule is COc1cccc(O)c1.OBO. The molecule has 0 aromatic heterocycles. The van der Waals surface area contributed by atoms with Crippen molar-refractivity contribution in [2.24, 2.45) is 0 Å². The molecule has 66 valence electrons. The smallest absolute Gasteiger partial charge is 0.432 e. The van der Waals surface area contributed by atoms with Crippen molar-refractivity contribution in [3.63, 3.8) is 0 Å². The van der Waals surface area contributed by atoms with Crippen LogP contribution in [0.1, 0.15) is 0 Å². The van der Waals surface area contributed by atoms with E-state index in [-0.39, 0.29) is 5.75 Å². The molecule has 0 atom stereocenters. The van der Waals surface area contributed by atoms with Gasteiger partial charge in [0.15, 0.2) is 0 Å². The molecule has 0 heterocycles. The Hall–Kier alpha value is -1.20. The Kier molecular flexibility index (Phi) is 5.86. The van der Waals surface area contributed by atoms with Crippen LogP contribution in [0.5, 0.6) is 11.5 Å². The number of benzene rings is 1. The van der Waals surface area contributed by atoms with E-state index in [9.17, 15) is 0 Å². The molecule has 5 heteroatoms. The molecule has 0 aliphatic rings. The molecule has 0 amide bonds. The lowest BCUT2D eigenvalue weighted by Gasteiger charge is -1.97. The quantitative estimate of drug-likeness (QED) is 0.503. The van der Waals surface area contributed by atoms with E-state index in [2.05, 4.69) is 0 Å². The van der Waals surface area contributed by atoms with Crippen molar-refractivity contribution in [1.82, 2.24) is 0 Å². The van der Waals surface area contributed by atoms with E-state index in [4.69, 9.17) is 19.9 Å². The van der Waals surface area contributed by atoms with Gasteiger partial charge in [0.1, 0.15) is 11.5 Å². The fourth-order valence-corrected chi connectivity index (χ4v) is 0.610. The fraction of sp³-hybridized carbons (Fsp3) is 0.143. The average Bonchev–Trinajstić information content (AvgIpc) is 2.06. The van der Waals surface area contributed by atoms with Gasteiger partial charge < -0.3 is 19.9 Å². The van der Waals surface area contributed by atoms with E-state index in [1.165, 1.54) is 0 Å². The van der Waals surface area contributed by atoms with Crippen LogP contribution < -0.4 is 4.74 Å². The topological polar surface area (TPSA) is 69.9 Å². The normalized spacial score (nSPS) is 7.92. The predicted molar refractivity (Wildman–Crippen MR) is 46.2 cm³/mol. The van der Waals surface area contributed by atoms with Gasteiger partial charge in [-0.3, -0.25) is 0 Å². The summed E-state index contributed by atoms with van der Waals surface area (Å²) in [7, 11) is 0.814. The number of ether oxygens (including phenoxy) is 1. The third kappa shape index (κ3) is 4.59. The van der Waals surface area contributed by atoms with Crippen LogP contribution in [0.4, 0.5) is 0 Å². The summed E-state index contributed by atoms with van der Waals surface area (Å²) in [5.74, 6) is 0.907. The minimum Gasteiger partial charge on any atom is -0.508 e. The maximum Gasteiger partial charge on any atom is 0.432 e. The highest BCUT2D eigenvalue weighted by atomic mass is 16.5. The maximum atomic E-state index is 8.86. The molecule has 0 aliphatic carbocycles. The lowest BCUT2D eigenvalue weighted by atomic mass is 10.3. The van der Waals surface area contributed by atoms with Crippen LogP contribution in [-0.4, -0.2) is 29.9 Å². The predicted octanol–water partition coefficient (Wildman–Crippen LogP) is -0.362. The fourth-order valence-electron chi connectivity index (χ4n) is 0.610. The summed E-state index contributed by atoms with van der Waals surface area (Å²) < 4.78 is 4.84. The lowest BCUT2D eigenvalue weighted by molar-refractivity contribution is 0.407. The van der Waals surface area contributed by atoms with Crippen LogP contribution in [0, 0.1) is 0 Å². The summed E-state index contributed by atoms with van der Waals surface area (Å²) in [6.45, 7) is 0. The first kappa shape index (κ1) is 10.8. The zero-order valence-electron chi connectivity index (χ0n) is 6.77. The second-order valence-corrected chi connectivity index (χ2v) is 1.84. The van der Waals surface area contributed by atoms with E-state index < -0.39 is 7.69 Å². The standard InChI is InChI=1S/C7H8O2.BH3O2/c1-9-7-4-2-3-6(8)5-7;2-1-3/h2-5,8H,1H3;1-3H. The molecule has 0 unspecified atom stereocenters. The van der Waals surface area contributed by atoms with Crippen molar-refractivity contribution < 1.29 is 19.9 Å². The minimum absolute atomic E-state index is 0.231. The Balaban J connectivity index is 0.000000354. The number of phenols is 1. The first-order chi connectivity index (χ1) is 5.74. The Bertz CT molecular complexity index is 216. The van der Waals surface area contributed by atoms with Gasteiger partial charge in [-0.05, 0) is 12.1 Å². The van der Waals surface area contributed by atoms with Gasteiger partial charge in [0.2, 0.25) is 0 Å². The molecule has 0 radical (unpaired) electrons. The van der Waals surface area contributed by atoms with Gasteiger partial charge in [-0.25, -0.2) is 0 Å². The average molecular weight is 170 g/mol. The Morgan fingerprint density at radius 1 is 1.33 bits per heavy atom. The summed E-state index contributed by atoms with van der Waals surface area (Å²) >= 11 is 0. The molecule has 0 bridgehead atoms. The number of aromatic hydroxyl groups is 1. The van der Waals surface area contributed by atoms with Crippen molar-refractivity contribution in [2.75, 3.05) is 7.11 Å². The summed E-state index contributed by atoms with van der Waals surface area (Å²) in [5.41, 5.74) is 0. The van der Waals surface area contributed by atoms with Crippen molar-refractivity contribution in [2.45, 2.75) is 0 Å². The summed E-state index contributed by atoms with van der Waals surface area (Å²) in [4.78, 5) is 0. The molecule has 4 nitrogen and oxygen atoms in total. The van der Waals surface area contributed by atoms with E-state index in [1.54, 1.807) is 31.4 Å². The largest absolute Gasteiger partial charge is 0.508 e. The molecular formula is C7H11BO4. The van der Waals surface area contributed by atoms with E-state index in [0.717, 1.165) is 0 Å². The first-order valence-corrected chi connectivity index (χ1v) is 3.29. The Labute approximate surface area is 71.4 Å². The highest BCUT2D eigenvalue weighted by molar-refractivity contribution is 6.13. The van der Waals surface area contributed by atoms with Crippen LogP contribution in [0.25, 0.3) is 0 Å². The van der Waals surface area contributed by atoms with Gasteiger partial charge in [-0.15, -0.1) is 0 Å². The van der Waals surface area contributed by atoms with E-state index >= 15 is 0 Å². The third-order valence-corrected chi connectivity index (χ3v) is 1.05. The minimum atomic E-state index is -0.750.